The molecule has 1 saturated carbocycles. The highest BCUT2D eigenvalue weighted by molar-refractivity contribution is 5.81. The molecule has 6 heteroatoms. The van der Waals surface area contributed by atoms with Crippen molar-refractivity contribution in [2.75, 3.05) is 46.3 Å². The van der Waals surface area contributed by atoms with Gasteiger partial charge in [-0.3, -0.25) is 9.79 Å². The SMILES string of the molecule is CN=C(NCC1CCN(C2CC2)C1)N1CCCC2(CNC(=O)C2)C1. The van der Waals surface area contributed by atoms with Crippen molar-refractivity contribution in [1.82, 2.24) is 20.4 Å². The normalized spacial score (nSPS) is 34.9. The maximum Gasteiger partial charge on any atom is 0.220 e. The molecular weight excluding hydrogens is 302 g/mol. The van der Waals surface area contributed by atoms with Crippen LogP contribution in [0.15, 0.2) is 4.99 Å². The second kappa shape index (κ2) is 6.54. The van der Waals surface area contributed by atoms with E-state index in [-0.39, 0.29) is 11.3 Å². The summed E-state index contributed by atoms with van der Waals surface area (Å²) in [6.45, 7) is 6.38. The van der Waals surface area contributed by atoms with Crippen LogP contribution in [0.25, 0.3) is 0 Å². The van der Waals surface area contributed by atoms with Gasteiger partial charge in [0.25, 0.3) is 0 Å². The highest BCUT2D eigenvalue weighted by atomic mass is 16.1. The molecule has 3 aliphatic heterocycles. The van der Waals surface area contributed by atoms with E-state index in [9.17, 15) is 4.79 Å². The number of rotatable bonds is 3. The first kappa shape index (κ1) is 16.2. The molecule has 1 amide bonds. The monoisotopic (exact) mass is 333 g/mol. The number of guanidine groups is 1. The first-order chi connectivity index (χ1) is 11.7. The third-order valence-electron chi connectivity index (χ3n) is 6.30. The molecule has 0 aromatic carbocycles. The zero-order valence-corrected chi connectivity index (χ0v) is 14.9. The molecule has 0 aromatic heterocycles. The molecule has 4 rings (SSSR count). The lowest BCUT2D eigenvalue weighted by atomic mass is 9.79. The van der Waals surface area contributed by atoms with Gasteiger partial charge in [-0.25, -0.2) is 0 Å². The van der Waals surface area contributed by atoms with Gasteiger partial charge in [-0.05, 0) is 44.6 Å². The van der Waals surface area contributed by atoms with Crippen molar-refractivity contribution in [3.8, 4) is 0 Å². The van der Waals surface area contributed by atoms with Crippen LogP contribution in [-0.4, -0.2) is 74.0 Å². The second-order valence-corrected chi connectivity index (χ2v) is 8.29. The van der Waals surface area contributed by atoms with Crippen LogP contribution in [0.5, 0.6) is 0 Å². The Balaban J connectivity index is 1.29. The van der Waals surface area contributed by atoms with E-state index in [0.29, 0.717) is 6.42 Å². The van der Waals surface area contributed by atoms with E-state index in [1.807, 2.05) is 7.05 Å². The molecule has 6 nitrogen and oxygen atoms in total. The number of hydrogen-bond donors (Lipinski definition) is 2. The fourth-order valence-corrected chi connectivity index (χ4v) is 4.80. The van der Waals surface area contributed by atoms with E-state index < -0.39 is 0 Å². The minimum atomic E-state index is 0.128. The van der Waals surface area contributed by atoms with E-state index in [4.69, 9.17) is 0 Å². The summed E-state index contributed by atoms with van der Waals surface area (Å²) >= 11 is 0. The average molecular weight is 333 g/mol. The Morgan fingerprint density at radius 1 is 1.38 bits per heavy atom. The van der Waals surface area contributed by atoms with Crippen molar-refractivity contribution in [1.29, 1.82) is 0 Å². The van der Waals surface area contributed by atoms with Gasteiger partial charge < -0.3 is 20.4 Å². The van der Waals surface area contributed by atoms with Crippen LogP contribution in [0.3, 0.4) is 0 Å². The van der Waals surface area contributed by atoms with Crippen LogP contribution in [0.4, 0.5) is 0 Å². The van der Waals surface area contributed by atoms with Crippen molar-refractivity contribution >= 4 is 11.9 Å². The number of carbonyl (C=O) groups excluding carboxylic acids is 1. The van der Waals surface area contributed by atoms with E-state index in [1.54, 1.807) is 0 Å². The Bertz CT molecular complexity index is 518. The van der Waals surface area contributed by atoms with Crippen molar-refractivity contribution in [2.24, 2.45) is 16.3 Å². The molecule has 2 unspecified atom stereocenters. The van der Waals surface area contributed by atoms with Crippen molar-refractivity contribution in [3.05, 3.63) is 0 Å². The predicted octanol–water partition coefficient (Wildman–Crippen LogP) is 0.648. The highest BCUT2D eigenvalue weighted by Crippen LogP contribution is 2.36. The first-order valence-corrected chi connectivity index (χ1v) is 9.64. The van der Waals surface area contributed by atoms with Gasteiger partial charge in [-0.15, -0.1) is 0 Å². The lowest BCUT2D eigenvalue weighted by molar-refractivity contribution is -0.119. The molecule has 3 heterocycles. The average Bonchev–Trinajstić information content (AvgIpc) is 3.23. The first-order valence-electron chi connectivity index (χ1n) is 9.64. The zero-order chi connectivity index (χ0) is 16.6. The van der Waals surface area contributed by atoms with Gasteiger partial charge >= 0.3 is 0 Å². The van der Waals surface area contributed by atoms with Crippen molar-refractivity contribution in [3.63, 3.8) is 0 Å². The second-order valence-electron chi connectivity index (χ2n) is 8.29. The molecule has 1 spiro atoms. The third-order valence-corrected chi connectivity index (χ3v) is 6.30. The Kier molecular flexibility index (Phi) is 4.41. The Hall–Kier alpha value is -1.30. The lowest BCUT2D eigenvalue weighted by Gasteiger charge is -2.41. The molecule has 1 aliphatic carbocycles. The molecule has 4 fully saturated rings. The minimum absolute atomic E-state index is 0.128. The number of carbonyl (C=O) groups is 1. The van der Waals surface area contributed by atoms with Gasteiger partial charge in [0.15, 0.2) is 5.96 Å². The van der Waals surface area contributed by atoms with Crippen LogP contribution in [0.2, 0.25) is 0 Å². The Morgan fingerprint density at radius 2 is 2.25 bits per heavy atom. The molecule has 2 N–H and O–H groups in total. The van der Waals surface area contributed by atoms with E-state index in [0.717, 1.165) is 56.9 Å². The number of aliphatic imine (C=N–C) groups is 1. The van der Waals surface area contributed by atoms with Crippen molar-refractivity contribution < 1.29 is 4.79 Å². The molecule has 0 bridgehead atoms. The Labute approximate surface area is 145 Å². The molecule has 0 aromatic rings. The molecule has 3 saturated heterocycles. The van der Waals surface area contributed by atoms with Crippen LogP contribution < -0.4 is 10.6 Å². The fourth-order valence-electron chi connectivity index (χ4n) is 4.80. The number of nitrogens with zero attached hydrogens (tertiary/aromatic N) is 3. The molecule has 0 radical (unpaired) electrons. The van der Waals surface area contributed by atoms with Gasteiger partial charge in [-0.2, -0.15) is 0 Å². The number of likely N-dealkylation sites (tertiary alicyclic amines) is 2. The van der Waals surface area contributed by atoms with Crippen LogP contribution in [0, 0.1) is 11.3 Å². The summed E-state index contributed by atoms with van der Waals surface area (Å²) in [6.07, 6.45) is 7.10. The molecule has 134 valence electrons. The van der Waals surface area contributed by atoms with Gasteiger partial charge in [-0.1, -0.05) is 0 Å². The zero-order valence-electron chi connectivity index (χ0n) is 14.9. The number of nitrogens with one attached hydrogen (secondary N) is 2. The number of piperidine rings is 1. The van der Waals surface area contributed by atoms with Crippen molar-refractivity contribution in [2.45, 2.75) is 44.6 Å². The summed E-state index contributed by atoms with van der Waals surface area (Å²) < 4.78 is 0. The van der Waals surface area contributed by atoms with Gasteiger partial charge in [0.2, 0.25) is 5.91 Å². The summed E-state index contributed by atoms with van der Waals surface area (Å²) in [6, 6.07) is 0.892. The summed E-state index contributed by atoms with van der Waals surface area (Å²) in [7, 11) is 1.88. The minimum Gasteiger partial charge on any atom is -0.356 e. The summed E-state index contributed by atoms with van der Waals surface area (Å²) in [5.41, 5.74) is 0.128. The van der Waals surface area contributed by atoms with Gasteiger partial charge in [0.05, 0.1) is 0 Å². The number of amides is 1. The quantitative estimate of drug-likeness (QED) is 0.588. The molecule has 4 aliphatic rings. The summed E-state index contributed by atoms with van der Waals surface area (Å²) in [5.74, 6) is 1.99. The van der Waals surface area contributed by atoms with E-state index in [1.165, 1.54) is 32.4 Å². The topological polar surface area (TPSA) is 60.0 Å². The largest absolute Gasteiger partial charge is 0.356 e. The van der Waals surface area contributed by atoms with Gasteiger partial charge in [0.1, 0.15) is 0 Å². The highest BCUT2D eigenvalue weighted by Gasteiger charge is 2.42. The number of hydrogen-bond acceptors (Lipinski definition) is 3. The smallest absolute Gasteiger partial charge is 0.220 e. The summed E-state index contributed by atoms with van der Waals surface area (Å²) in [4.78, 5) is 21.2. The molecule has 2 atom stereocenters. The van der Waals surface area contributed by atoms with E-state index >= 15 is 0 Å². The maximum atomic E-state index is 11.7. The van der Waals surface area contributed by atoms with Crippen LogP contribution >= 0.6 is 0 Å². The fraction of sp³-hybridized carbons (Fsp3) is 0.889. The molecular formula is C18H31N5O. The van der Waals surface area contributed by atoms with Crippen LogP contribution in [-0.2, 0) is 4.79 Å². The third kappa shape index (κ3) is 3.39. The standard InChI is InChI=1S/C18H31N5O/c1-19-17(20-10-14-5-8-22(11-14)15-3-4-15)23-7-2-6-18(13-23)9-16(24)21-12-18/h14-15H,2-13H2,1H3,(H,19,20)(H,21,24). The Morgan fingerprint density at radius 3 is 2.96 bits per heavy atom. The predicted molar refractivity (Wildman–Crippen MR) is 94.9 cm³/mol. The van der Waals surface area contributed by atoms with E-state index in [2.05, 4.69) is 25.4 Å². The van der Waals surface area contributed by atoms with Gasteiger partial charge in [0, 0.05) is 57.6 Å². The lowest BCUT2D eigenvalue weighted by Crippen LogP contribution is -2.52. The summed E-state index contributed by atoms with van der Waals surface area (Å²) in [5, 5.41) is 6.65. The van der Waals surface area contributed by atoms with Crippen LogP contribution in [0.1, 0.15) is 38.5 Å². The molecule has 24 heavy (non-hydrogen) atoms. The maximum absolute atomic E-state index is 11.7.